The smallest absolute Gasteiger partial charge is 0.119 e. The fourth-order valence-electron chi connectivity index (χ4n) is 2.62. The normalized spacial score (nSPS) is 17.6. The molecule has 3 rings (SSSR count). The molecular formula is C19H22OS. The Morgan fingerprint density at radius 2 is 1.90 bits per heavy atom. The second-order valence-corrected chi connectivity index (χ2v) is 7.70. The summed E-state index contributed by atoms with van der Waals surface area (Å²) in [6.07, 6.45) is 0. The highest BCUT2D eigenvalue weighted by molar-refractivity contribution is 7.99. The van der Waals surface area contributed by atoms with Crippen molar-refractivity contribution in [2.24, 2.45) is 0 Å². The highest BCUT2D eigenvalue weighted by atomic mass is 32.2. The molecule has 1 nitrogen and oxygen atoms in total. The van der Waals surface area contributed by atoms with Crippen LogP contribution in [0.25, 0.3) is 0 Å². The summed E-state index contributed by atoms with van der Waals surface area (Å²) in [4.78, 5) is 1.41. The van der Waals surface area contributed by atoms with Crippen LogP contribution in [0.5, 0.6) is 5.75 Å². The van der Waals surface area contributed by atoms with Crippen LogP contribution in [0.15, 0.2) is 53.4 Å². The van der Waals surface area contributed by atoms with Gasteiger partial charge in [-0.05, 0) is 34.7 Å². The zero-order chi connectivity index (χ0) is 14.9. The maximum Gasteiger partial charge on any atom is 0.119 e. The van der Waals surface area contributed by atoms with Crippen molar-refractivity contribution < 1.29 is 4.74 Å². The molecule has 0 radical (unpaired) electrons. The first-order chi connectivity index (χ1) is 10.0. The van der Waals surface area contributed by atoms with Gasteiger partial charge in [0.05, 0.1) is 6.61 Å². The number of fused-ring (bicyclic) bond motifs is 1. The lowest BCUT2D eigenvalue weighted by molar-refractivity contribution is 0.297. The van der Waals surface area contributed by atoms with Gasteiger partial charge < -0.3 is 4.74 Å². The standard InChI is InChI=1S/C19H22OS/c1-19(2,3)15-7-6-8-16(11-15)20-12-14-13-21-18-10-5-4-9-17(14)18/h4-11,14H,12-13H2,1-3H3. The third kappa shape index (κ3) is 3.26. The van der Waals surface area contributed by atoms with Gasteiger partial charge in [0.2, 0.25) is 0 Å². The van der Waals surface area contributed by atoms with Crippen LogP contribution in [0, 0.1) is 0 Å². The lowest BCUT2D eigenvalue weighted by Crippen LogP contribution is -2.12. The van der Waals surface area contributed by atoms with E-state index < -0.39 is 0 Å². The molecule has 110 valence electrons. The Morgan fingerprint density at radius 1 is 1.10 bits per heavy atom. The minimum atomic E-state index is 0.162. The van der Waals surface area contributed by atoms with Gasteiger partial charge in [-0.2, -0.15) is 0 Å². The van der Waals surface area contributed by atoms with E-state index >= 15 is 0 Å². The topological polar surface area (TPSA) is 9.23 Å². The molecule has 1 aliphatic heterocycles. The molecule has 0 aromatic heterocycles. The quantitative estimate of drug-likeness (QED) is 0.765. The first kappa shape index (κ1) is 14.5. The summed E-state index contributed by atoms with van der Waals surface area (Å²) in [5, 5.41) is 0. The SMILES string of the molecule is CC(C)(C)c1cccc(OCC2CSc3ccccc32)c1. The first-order valence-corrected chi connectivity index (χ1v) is 8.48. The Morgan fingerprint density at radius 3 is 2.71 bits per heavy atom. The van der Waals surface area contributed by atoms with Gasteiger partial charge >= 0.3 is 0 Å². The molecule has 1 unspecified atom stereocenters. The Balaban J connectivity index is 1.69. The van der Waals surface area contributed by atoms with Crippen LogP contribution in [0.4, 0.5) is 0 Å². The fraction of sp³-hybridized carbons (Fsp3) is 0.368. The van der Waals surface area contributed by atoms with Crippen molar-refractivity contribution in [3.05, 3.63) is 59.7 Å². The molecule has 0 fully saturated rings. The van der Waals surface area contributed by atoms with Crippen molar-refractivity contribution in [2.75, 3.05) is 12.4 Å². The highest BCUT2D eigenvalue weighted by Crippen LogP contribution is 2.39. The third-order valence-electron chi connectivity index (χ3n) is 3.95. The predicted octanol–water partition coefficient (Wildman–Crippen LogP) is 5.25. The minimum Gasteiger partial charge on any atom is -0.493 e. The van der Waals surface area contributed by atoms with Crippen LogP contribution in [0.1, 0.15) is 37.8 Å². The molecule has 2 aromatic carbocycles. The monoisotopic (exact) mass is 298 g/mol. The van der Waals surface area contributed by atoms with Crippen molar-refractivity contribution in [3.8, 4) is 5.75 Å². The molecule has 2 heteroatoms. The molecular weight excluding hydrogens is 276 g/mol. The number of rotatable bonds is 3. The van der Waals surface area contributed by atoms with Gasteiger partial charge in [-0.1, -0.05) is 51.1 Å². The second-order valence-electron chi connectivity index (χ2n) is 6.63. The predicted molar refractivity (Wildman–Crippen MR) is 90.5 cm³/mol. The Bertz CT molecular complexity index is 627. The van der Waals surface area contributed by atoms with Gasteiger partial charge in [-0.3, -0.25) is 0 Å². The van der Waals surface area contributed by atoms with Gasteiger partial charge in [0.15, 0.2) is 0 Å². The van der Waals surface area contributed by atoms with Gasteiger partial charge in [-0.15, -0.1) is 11.8 Å². The molecule has 1 atom stereocenters. The van der Waals surface area contributed by atoms with Gasteiger partial charge in [0, 0.05) is 16.6 Å². The molecule has 0 aliphatic carbocycles. The van der Waals surface area contributed by atoms with Crippen LogP contribution in [-0.4, -0.2) is 12.4 Å². The summed E-state index contributed by atoms with van der Waals surface area (Å²) in [5.41, 5.74) is 2.92. The lowest BCUT2D eigenvalue weighted by atomic mass is 9.87. The Hall–Kier alpha value is -1.41. The molecule has 1 aliphatic rings. The zero-order valence-corrected chi connectivity index (χ0v) is 13.7. The molecule has 0 saturated heterocycles. The summed E-state index contributed by atoms with van der Waals surface area (Å²) in [6.45, 7) is 7.46. The maximum absolute atomic E-state index is 6.07. The van der Waals surface area contributed by atoms with Crippen LogP contribution < -0.4 is 4.74 Å². The number of hydrogen-bond acceptors (Lipinski definition) is 2. The van der Waals surface area contributed by atoms with Crippen LogP contribution in [-0.2, 0) is 5.41 Å². The molecule has 0 bridgehead atoms. The minimum absolute atomic E-state index is 0.162. The van der Waals surface area contributed by atoms with Crippen molar-refractivity contribution in [1.82, 2.24) is 0 Å². The highest BCUT2D eigenvalue weighted by Gasteiger charge is 2.23. The molecule has 2 aromatic rings. The van der Waals surface area contributed by atoms with E-state index in [1.54, 1.807) is 0 Å². The molecule has 0 amide bonds. The van der Waals surface area contributed by atoms with Gasteiger partial charge in [0.25, 0.3) is 0 Å². The van der Waals surface area contributed by atoms with E-state index in [1.165, 1.54) is 16.0 Å². The number of hydrogen-bond donors (Lipinski definition) is 0. The van der Waals surface area contributed by atoms with Crippen molar-refractivity contribution in [2.45, 2.75) is 37.0 Å². The summed E-state index contributed by atoms with van der Waals surface area (Å²) < 4.78 is 6.07. The maximum atomic E-state index is 6.07. The van der Waals surface area contributed by atoms with Gasteiger partial charge in [0.1, 0.15) is 5.75 Å². The van der Waals surface area contributed by atoms with Crippen LogP contribution in [0.3, 0.4) is 0 Å². The Kier molecular flexibility index (Phi) is 3.99. The molecule has 21 heavy (non-hydrogen) atoms. The second kappa shape index (κ2) is 5.76. The molecule has 0 N–H and O–H groups in total. The number of ether oxygens (including phenoxy) is 1. The van der Waals surface area contributed by atoms with Crippen molar-refractivity contribution in [3.63, 3.8) is 0 Å². The van der Waals surface area contributed by atoms with E-state index in [4.69, 9.17) is 4.74 Å². The lowest BCUT2D eigenvalue weighted by Gasteiger charge is -2.20. The van der Waals surface area contributed by atoms with Crippen LogP contribution in [0.2, 0.25) is 0 Å². The van der Waals surface area contributed by atoms with E-state index in [1.807, 2.05) is 11.8 Å². The van der Waals surface area contributed by atoms with Crippen molar-refractivity contribution >= 4 is 11.8 Å². The van der Waals surface area contributed by atoms with Crippen LogP contribution >= 0.6 is 11.8 Å². The van der Waals surface area contributed by atoms with E-state index in [9.17, 15) is 0 Å². The van der Waals surface area contributed by atoms with E-state index in [0.29, 0.717) is 5.92 Å². The molecule has 0 saturated carbocycles. The average Bonchev–Trinajstić information content (AvgIpc) is 2.88. The van der Waals surface area contributed by atoms with Gasteiger partial charge in [-0.25, -0.2) is 0 Å². The fourth-order valence-corrected chi connectivity index (χ4v) is 3.85. The summed E-state index contributed by atoms with van der Waals surface area (Å²) >= 11 is 1.94. The largest absolute Gasteiger partial charge is 0.493 e. The Labute approximate surface area is 131 Å². The van der Waals surface area contributed by atoms with E-state index in [-0.39, 0.29) is 5.41 Å². The van der Waals surface area contributed by atoms with Crippen molar-refractivity contribution in [1.29, 1.82) is 0 Å². The summed E-state index contributed by atoms with van der Waals surface area (Å²) in [6, 6.07) is 17.2. The molecule has 0 spiro atoms. The summed E-state index contributed by atoms with van der Waals surface area (Å²) in [5.74, 6) is 2.61. The van der Waals surface area contributed by atoms with E-state index in [2.05, 4.69) is 69.3 Å². The number of thioether (sulfide) groups is 1. The number of benzene rings is 2. The average molecular weight is 298 g/mol. The first-order valence-electron chi connectivity index (χ1n) is 7.49. The molecule has 1 heterocycles. The zero-order valence-electron chi connectivity index (χ0n) is 12.9. The third-order valence-corrected chi connectivity index (χ3v) is 5.20. The summed E-state index contributed by atoms with van der Waals surface area (Å²) in [7, 11) is 0. The van der Waals surface area contributed by atoms with E-state index in [0.717, 1.165) is 18.1 Å².